The third kappa shape index (κ3) is 3.68. The van der Waals surface area contributed by atoms with Gasteiger partial charge in [0.15, 0.2) is 5.82 Å². The van der Waals surface area contributed by atoms with Crippen LogP contribution in [0.2, 0.25) is 0 Å². The number of thiazole rings is 1. The predicted molar refractivity (Wildman–Crippen MR) is 105 cm³/mol. The van der Waals surface area contributed by atoms with Crippen LogP contribution in [0.5, 0.6) is 0 Å². The molecule has 1 aromatic carbocycles. The van der Waals surface area contributed by atoms with E-state index < -0.39 is 5.56 Å². The number of aromatic nitrogens is 3. The average Bonchev–Trinajstić information content (AvgIpc) is 3.14. The molecule has 1 saturated heterocycles. The van der Waals surface area contributed by atoms with Crippen LogP contribution in [0.3, 0.4) is 0 Å². The largest absolute Gasteiger partial charge is 0.338 e. The summed E-state index contributed by atoms with van der Waals surface area (Å²) in [6.07, 6.45) is 3.34. The number of likely N-dealkylation sites (tertiary alicyclic amines) is 1. The molecular formula is C20H20N4O2S. The predicted octanol–water partition coefficient (Wildman–Crippen LogP) is 3.22. The molecule has 6 nitrogen and oxygen atoms in total. The van der Waals surface area contributed by atoms with Gasteiger partial charge in [0, 0.05) is 30.6 Å². The number of carbonyl (C=O) groups excluding carboxylic acids is 1. The number of nitrogens with one attached hydrogen (secondary N) is 1. The molecule has 1 N–H and O–H groups in total. The number of aryl methyl sites for hydroxylation is 1. The van der Waals surface area contributed by atoms with Crippen molar-refractivity contribution in [2.75, 3.05) is 13.1 Å². The number of hydrogen-bond donors (Lipinski definition) is 1. The van der Waals surface area contributed by atoms with Crippen molar-refractivity contribution in [2.45, 2.75) is 25.7 Å². The molecule has 1 fully saturated rings. The van der Waals surface area contributed by atoms with E-state index >= 15 is 0 Å². The number of benzene rings is 1. The highest BCUT2D eigenvalue weighted by atomic mass is 32.1. The Morgan fingerprint density at radius 1 is 1.30 bits per heavy atom. The fraction of sp³-hybridized carbons (Fsp3) is 0.300. The second kappa shape index (κ2) is 7.44. The molecule has 4 rings (SSSR count). The maximum Gasteiger partial charge on any atom is 0.264 e. The molecule has 3 aromatic rings. The molecule has 138 valence electrons. The first kappa shape index (κ1) is 17.6. The Kier molecular flexibility index (Phi) is 4.85. The summed E-state index contributed by atoms with van der Waals surface area (Å²) in [6, 6.07) is 10.2. The summed E-state index contributed by atoms with van der Waals surface area (Å²) < 4.78 is 0. The van der Waals surface area contributed by atoms with Gasteiger partial charge in [-0.15, -0.1) is 11.3 Å². The van der Waals surface area contributed by atoms with Crippen LogP contribution >= 0.6 is 11.3 Å². The number of H-pyrrole nitrogens is 1. The molecular weight excluding hydrogens is 360 g/mol. The Labute approximate surface area is 160 Å². The molecule has 1 aliphatic rings. The van der Waals surface area contributed by atoms with E-state index in [0.29, 0.717) is 30.5 Å². The molecule has 1 amide bonds. The van der Waals surface area contributed by atoms with Gasteiger partial charge in [-0.2, -0.15) is 0 Å². The molecule has 1 unspecified atom stereocenters. The maximum absolute atomic E-state index is 12.9. The van der Waals surface area contributed by atoms with Gasteiger partial charge in [0.1, 0.15) is 11.3 Å². The summed E-state index contributed by atoms with van der Waals surface area (Å²) in [5.74, 6) is 0.431. The van der Waals surface area contributed by atoms with Crippen molar-refractivity contribution < 1.29 is 4.79 Å². The van der Waals surface area contributed by atoms with E-state index in [2.05, 4.69) is 27.1 Å². The summed E-state index contributed by atoms with van der Waals surface area (Å²) in [4.78, 5) is 38.4. The van der Waals surface area contributed by atoms with Crippen LogP contribution in [-0.2, 0) is 0 Å². The minimum Gasteiger partial charge on any atom is -0.338 e. The van der Waals surface area contributed by atoms with E-state index in [4.69, 9.17) is 0 Å². The van der Waals surface area contributed by atoms with E-state index in [-0.39, 0.29) is 11.5 Å². The van der Waals surface area contributed by atoms with Crippen LogP contribution in [0.25, 0.3) is 11.5 Å². The molecule has 2 aromatic heterocycles. The summed E-state index contributed by atoms with van der Waals surface area (Å²) in [6.45, 7) is 3.17. The third-order valence-corrected chi connectivity index (χ3v) is 5.64. The Morgan fingerprint density at radius 2 is 2.11 bits per heavy atom. The SMILES string of the molecule is Cc1nc(-c2ncc(C(=O)N3CCCC(c4ccccc4)C3)c(=O)[nH]2)cs1. The van der Waals surface area contributed by atoms with Gasteiger partial charge in [-0.1, -0.05) is 30.3 Å². The second-order valence-electron chi connectivity index (χ2n) is 6.73. The van der Waals surface area contributed by atoms with E-state index in [1.807, 2.05) is 30.5 Å². The Bertz CT molecular complexity index is 1010. The normalized spacial score (nSPS) is 17.1. The molecule has 0 radical (unpaired) electrons. The number of hydrogen-bond acceptors (Lipinski definition) is 5. The first-order chi connectivity index (χ1) is 13.1. The summed E-state index contributed by atoms with van der Waals surface area (Å²) >= 11 is 1.49. The lowest BCUT2D eigenvalue weighted by Crippen LogP contribution is -2.41. The van der Waals surface area contributed by atoms with Crippen molar-refractivity contribution in [1.82, 2.24) is 19.9 Å². The zero-order valence-electron chi connectivity index (χ0n) is 15.0. The van der Waals surface area contributed by atoms with Crippen molar-refractivity contribution in [3.05, 3.63) is 68.4 Å². The van der Waals surface area contributed by atoms with Crippen LogP contribution in [0, 0.1) is 6.92 Å². The van der Waals surface area contributed by atoms with Crippen LogP contribution in [0.1, 0.15) is 39.7 Å². The highest BCUT2D eigenvalue weighted by Crippen LogP contribution is 2.27. The molecule has 0 saturated carbocycles. The number of rotatable bonds is 3. The third-order valence-electron chi connectivity index (χ3n) is 4.87. The standard InChI is InChI=1S/C20H20N4O2S/c1-13-22-17(12-27-13)18-21-10-16(19(25)23-18)20(26)24-9-5-8-15(11-24)14-6-3-2-4-7-14/h2-4,6-7,10,12,15H,5,8-9,11H2,1H3,(H,21,23,25). The lowest BCUT2D eigenvalue weighted by Gasteiger charge is -2.32. The second-order valence-corrected chi connectivity index (χ2v) is 7.79. The Hall–Kier alpha value is -2.80. The summed E-state index contributed by atoms with van der Waals surface area (Å²) in [5.41, 5.74) is 1.52. The van der Waals surface area contributed by atoms with Gasteiger partial charge < -0.3 is 9.88 Å². The average molecular weight is 380 g/mol. The van der Waals surface area contributed by atoms with Gasteiger partial charge in [-0.25, -0.2) is 9.97 Å². The molecule has 1 atom stereocenters. The van der Waals surface area contributed by atoms with Crippen LogP contribution < -0.4 is 5.56 Å². The minimum atomic E-state index is -0.419. The molecule has 1 aliphatic heterocycles. The first-order valence-electron chi connectivity index (χ1n) is 8.98. The van der Waals surface area contributed by atoms with Gasteiger partial charge in [0.25, 0.3) is 11.5 Å². The van der Waals surface area contributed by atoms with Gasteiger partial charge in [0.2, 0.25) is 0 Å². The lowest BCUT2D eigenvalue weighted by atomic mass is 9.90. The van der Waals surface area contributed by atoms with E-state index in [9.17, 15) is 9.59 Å². The van der Waals surface area contributed by atoms with Crippen molar-refractivity contribution in [2.24, 2.45) is 0 Å². The number of carbonyl (C=O) groups is 1. The molecule has 0 bridgehead atoms. The van der Waals surface area contributed by atoms with E-state index in [1.165, 1.54) is 23.1 Å². The topological polar surface area (TPSA) is 79.0 Å². The van der Waals surface area contributed by atoms with Crippen LogP contribution in [0.15, 0.2) is 46.7 Å². The van der Waals surface area contributed by atoms with Crippen molar-refractivity contribution in [3.63, 3.8) is 0 Å². The smallest absolute Gasteiger partial charge is 0.264 e. The summed E-state index contributed by atoms with van der Waals surface area (Å²) in [7, 11) is 0. The van der Waals surface area contributed by atoms with E-state index in [0.717, 1.165) is 17.8 Å². The monoisotopic (exact) mass is 380 g/mol. The number of nitrogens with zero attached hydrogens (tertiary/aromatic N) is 3. The van der Waals surface area contributed by atoms with E-state index in [1.54, 1.807) is 4.90 Å². The number of amides is 1. The van der Waals surface area contributed by atoms with Crippen molar-refractivity contribution in [1.29, 1.82) is 0 Å². The Morgan fingerprint density at radius 3 is 2.81 bits per heavy atom. The number of aromatic amines is 1. The molecule has 27 heavy (non-hydrogen) atoms. The fourth-order valence-electron chi connectivity index (χ4n) is 3.48. The first-order valence-corrected chi connectivity index (χ1v) is 9.86. The fourth-order valence-corrected chi connectivity index (χ4v) is 4.08. The maximum atomic E-state index is 12.9. The van der Waals surface area contributed by atoms with Crippen LogP contribution in [0.4, 0.5) is 0 Å². The van der Waals surface area contributed by atoms with Gasteiger partial charge in [-0.3, -0.25) is 9.59 Å². The molecule has 0 aliphatic carbocycles. The zero-order valence-corrected chi connectivity index (χ0v) is 15.8. The van der Waals surface area contributed by atoms with Crippen molar-refractivity contribution in [3.8, 4) is 11.5 Å². The van der Waals surface area contributed by atoms with Gasteiger partial charge in [0.05, 0.1) is 5.01 Å². The molecule has 7 heteroatoms. The van der Waals surface area contributed by atoms with Crippen LogP contribution in [-0.4, -0.2) is 38.8 Å². The molecule has 3 heterocycles. The highest BCUT2D eigenvalue weighted by Gasteiger charge is 2.27. The summed E-state index contributed by atoms with van der Waals surface area (Å²) in [5, 5.41) is 2.73. The van der Waals surface area contributed by atoms with Crippen molar-refractivity contribution >= 4 is 17.2 Å². The highest BCUT2D eigenvalue weighted by molar-refractivity contribution is 7.09. The minimum absolute atomic E-state index is 0.0828. The zero-order chi connectivity index (χ0) is 18.8. The lowest BCUT2D eigenvalue weighted by molar-refractivity contribution is 0.0705. The quantitative estimate of drug-likeness (QED) is 0.757. The van der Waals surface area contributed by atoms with Gasteiger partial charge >= 0.3 is 0 Å². The molecule has 0 spiro atoms. The van der Waals surface area contributed by atoms with Gasteiger partial charge in [-0.05, 0) is 25.3 Å². The Balaban J connectivity index is 1.54. The number of piperidine rings is 1.